The van der Waals surface area contributed by atoms with Crippen molar-refractivity contribution in [2.75, 3.05) is 12.3 Å². The van der Waals surface area contributed by atoms with Gasteiger partial charge < -0.3 is 10.6 Å². The molecule has 3 heterocycles. The van der Waals surface area contributed by atoms with Crippen molar-refractivity contribution in [1.29, 1.82) is 0 Å². The Morgan fingerprint density at radius 1 is 1.40 bits per heavy atom. The van der Waals surface area contributed by atoms with Crippen molar-refractivity contribution in [3.8, 4) is 0 Å². The van der Waals surface area contributed by atoms with Gasteiger partial charge in [0, 0.05) is 37.6 Å². The van der Waals surface area contributed by atoms with Gasteiger partial charge in [0.15, 0.2) is 0 Å². The van der Waals surface area contributed by atoms with Gasteiger partial charge in [-0.1, -0.05) is 6.07 Å². The molecule has 0 radical (unpaired) electrons. The third kappa shape index (κ3) is 4.56. The molecule has 0 bridgehead atoms. The van der Waals surface area contributed by atoms with E-state index in [1.54, 1.807) is 28.0 Å². The molecule has 0 saturated carbocycles. The van der Waals surface area contributed by atoms with Crippen LogP contribution < -0.4 is 11.2 Å². The number of pyridine rings is 1. The summed E-state index contributed by atoms with van der Waals surface area (Å²) in [4.78, 5) is 31.5. The van der Waals surface area contributed by atoms with Crippen LogP contribution >= 0.6 is 0 Å². The van der Waals surface area contributed by atoms with Crippen molar-refractivity contribution >= 4 is 30.0 Å². The van der Waals surface area contributed by atoms with E-state index in [0.717, 1.165) is 30.4 Å². The smallest absolute Gasteiger partial charge is 0.290 e. The maximum Gasteiger partial charge on any atom is 0.290 e. The predicted molar refractivity (Wildman–Crippen MR) is 115 cm³/mol. The molecule has 1 fully saturated rings. The molecular weight excluding hydrogens is 382 g/mol. The second-order valence-electron chi connectivity index (χ2n) is 7.32. The van der Waals surface area contributed by atoms with E-state index >= 15 is 0 Å². The number of nitrogens with zero attached hydrogens (tertiary/aromatic N) is 5. The number of rotatable bonds is 7. The van der Waals surface area contributed by atoms with Gasteiger partial charge in [-0.15, -0.1) is 0 Å². The lowest BCUT2D eigenvalue weighted by molar-refractivity contribution is -0.147. The fourth-order valence-corrected chi connectivity index (χ4v) is 3.65. The Balaban J connectivity index is 1.77. The number of nitrogens with one attached hydrogen (secondary N) is 1. The van der Waals surface area contributed by atoms with Crippen molar-refractivity contribution in [2.45, 2.75) is 45.6 Å². The van der Waals surface area contributed by atoms with Crippen molar-refractivity contribution < 1.29 is 9.59 Å². The Bertz CT molecular complexity index is 979. The average Bonchev–Trinajstić information content (AvgIpc) is 3.24. The van der Waals surface area contributed by atoms with Crippen LogP contribution in [0.15, 0.2) is 35.8 Å². The van der Waals surface area contributed by atoms with Gasteiger partial charge in [0.25, 0.3) is 5.91 Å². The monoisotopic (exact) mass is 409 g/mol. The number of aryl methyl sites for hydroxylation is 1. The van der Waals surface area contributed by atoms with E-state index in [1.807, 2.05) is 26.1 Å². The molecule has 1 saturated heterocycles. The normalized spacial score (nSPS) is 16.9. The van der Waals surface area contributed by atoms with E-state index in [2.05, 4.69) is 27.3 Å². The summed E-state index contributed by atoms with van der Waals surface area (Å²) in [7, 11) is 0. The molecule has 158 valence electrons. The first-order chi connectivity index (χ1) is 14.4. The number of anilines is 1. The standard InChI is InChI=1S/C21H27N7O2/c1-4-19(26-23-3)28-13-16(12-25-28)17-7-5-6-8-27(17)21(30)18(29)10-15-9-14(2)20(22)24-11-15/h4,9,11-13,17,26H,3,5-8,10H2,1-2H3,(H2,22,24)/b19-4+/t17-/m0/s1. The van der Waals surface area contributed by atoms with Crippen LogP contribution in [0.4, 0.5) is 5.82 Å². The molecule has 3 rings (SSSR count). The Morgan fingerprint density at radius 2 is 2.20 bits per heavy atom. The summed E-state index contributed by atoms with van der Waals surface area (Å²) in [5.41, 5.74) is 10.9. The van der Waals surface area contributed by atoms with Crippen LogP contribution in [-0.4, -0.2) is 44.6 Å². The number of nitrogens with two attached hydrogens (primary N) is 1. The molecule has 3 N–H and O–H groups in total. The highest BCUT2D eigenvalue weighted by Gasteiger charge is 2.32. The number of aromatic nitrogens is 3. The summed E-state index contributed by atoms with van der Waals surface area (Å²) in [6.07, 6.45) is 9.58. The van der Waals surface area contributed by atoms with Gasteiger partial charge in [-0.25, -0.2) is 9.67 Å². The first kappa shape index (κ1) is 21.2. The van der Waals surface area contributed by atoms with Gasteiger partial charge in [-0.2, -0.15) is 10.2 Å². The zero-order valence-corrected chi connectivity index (χ0v) is 17.3. The van der Waals surface area contributed by atoms with Crippen molar-refractivity contribution in [3.63, 3.8) is 0 Å². The van der Waals surface area contributed by atoms with Crippen LogP contribution in [0.3, 0.4) is 0 Å². The molecule has 1 aliphatic heterocycles. The van der Waals surface area contributed by atoms with Crippen molar-refractivity contribution in [2.24, 2.45) is 5.10 Å². The van der Waals surface area contributed by atoms with Crippen molar-refractivity contribution in [3.05, 3.63) is 47.4 Å². The summed E-state index contributed by atoms with van der Waals surface area (Å²) in [6.45, 7) is 7.65. The van der Waals surface area contributed by atoms with Gasteiger partial charge >= 0.3 is 0 Å². The van der Waals surface area contributed by atoms with E-state index in [9.17, 15) is 9.59 Å². The van der Waals surface area contributed by atoms with E-state index < -0.39 is 11.7 Å². The van der Waals surface area contributed by atoms with E-state index in [-0.39, 0.29) is 12.5 Å². The number of piperidine rings is 1. The van der Waals surface area contributed by atoms with E-state index in [0.29, 0.717) is 23.7 Å². The third-order valence-corrected chi connectivity index (χ3v) is 5.24. The van der Waals surface area contributed by atoms with E-state index in [1.165, 1.54) is 0 Å². The molecule has 30 heavy (non-hydrogen) atoms. The van der Waals surface area contributed by atoms with Crippen molar-refractivity contribution in [1.82, 2.24) is 25.1 Å². The number of likely N-dealkylation sites (tertiary alicyclic amines) is 1. The molecule has 9 heteroatoms. The molecule has 1 amide bonds. The molecule has 0 aromatic carbocycles. The predicted octanol–water partition coefficient (Wildman–Crippen LogP) is 2.06. The fraction of sp³-hybridized carbons (Fsp3) is 0.381. The van der Waals surface area contributed by atoms with Crippen LogP contribution in [0.5, 0.6) is 0 Å². The lowest BCUT2D eigenvalue weighted by Gasteiger charge is -2.34. The summed E-state index contributed by atoms with van der Waals surface area (Å²) in [5.74, 6) is 0.158. The number of hydrogen-bond acceptors (Lipinski definition) is 7. The zero-order chi connectivity index (χ0) is 21.7. The highest BCUT2D eigenvalue weighted by atomic mass is 16.2. The number of amides is 1. The molecular formula is C21H27N7O2. The molecule has 9 nitrogen and oxygen atoms in total. The minimum atomic E-state index is -0.473. The number of Topliss-reactive ketones (excluding diaryl/α,β-unsaturated/α-hetero) is 1. The zero-order valence-electron chi connectivity index (χ0n) is 17.3. The average molecular weight is 409 g/mol. The molecule has 0 spiro atoms. The molecule has 0 unspecified atom stereocenters. The minimum absolute atomic E-state index is 0.00702. The number of carbonyl (C=O) groups is 2. The highest BCUT2D eigenvalue weighted by molar-refractivity contribution is 6.36. The third-order valence-electron chi connectivity index (χ3n) is 5.24. The maximum absolute atomic E-state index is 13.0. The highest BCUT2D eigenvalue weighted by Crippen LogP contribution is 2.31. The number of carbonyl (C=O) groups excluding carboxylic acids is 2. The van der Waals surface area contributed by atoms with Crippen LogP contribution in [0.25, 0.3) is 5.82 Å². The summed E-state index contributed by atoms with van der Waals surface area (Å²) >= 11 is 0. The SMILES string of the molecule is C=NN/C(=C\C)n1cc([C@@H]2CCCCN2C(=O)C(=O)Cc2cnc(N)c(C)c2)cn1. The van der Waals surface area contributed by atoms with Gasteiger partial charge in [-0.05, 0) is 50.3 Å². The number of hydrogen-bond donors (Lipinski definition) is 2. The van der Waals surface area contributed by atoms with Crippen LogP contribution in [0.1, 0.15) is 48.9 Å². The Labute approximate surface area is 175 Å². The van der Waals surface area contributed by atoms with Crippen LogP contribution in [0, 0.1) is 6.92 Å². The largest absolute Gasteiger partial charge is 0.383 e. The first-order valence-electron chi connectivity index (χ1n) is 9.92. The summed E-state index contributed by atoms with van der Waals surface area (Å²) in [6, 6.07) is 1.61. The second kappa shape index (κ2) is 9.34. The quantitative estimate of drug-likeness (QED) is 0.410. The molecule has 1 aliphatic rings. The van der Waals surface area contributed by atoms with Gasteiger partial charge in [0.05, 0.1) is 12.2 Å². The number of allylic oxidation sites excluding steroid dienone is 1. The molecule has 2 aromatic rings. The molecule has 0 aliphatic carbocycles. The summed E-state index contributed by atoms with van der Waals surface area (Å²) in [5, 5.41) is 8.03. The number of nitrogen functional groups attached to an aromatic ring is 1. The Hall–Kier alpha value is -3.49. The van der Waals surface area contributed by atoms with Crippen LogP contribution in [-0.2, 0) is 16.0 Å². The number of hydrazone groups is 1. The minimum Gasteiger partial charge on any atom is -0.383 e. The Morgan fingerprint density at radius 3 is 2.90 bits per heavy atom. The summed E-state index contributed by atoms with van der Waals surface area (Å²) < 4.78 is 1.64. The molecule has 2 aromatic heterocycles. The van der Waals surface area contributed by atoms with Gasteiger partial charge in [0.1, 0.15) is 11.6 Å². The first-order valence-corrected chi connectivity index (χ1v) is 9.92. The lowest BCUT2D eigenvalue weighted by atomic mass is 9.96. The lowest BCUT2D eigenvalue weighted by Crippen LogP contribution is -2.42. The van der Waals surface area contributed by atoms with Crippen LogP contribution in [0.2, 0.25) is 0 Å². The molecule has 1 atom stereocenters. The Kier molecular flexibility index (Phi) is 6.61. The number of ketones is 1. The second-order valence-corrected chi connectivity index (χ2v) is 7.32. The fourth-order valence-electron chi connectivity index (χ4n) is 3.65. The topological polar surface area (TPSA) is 118 Å². The van der Waals surface area contributed by atoms with Gasteiger partial charge in [-0.3, -0.25) is 15.0 Å². The van der Waals surface area contributed by atoms with E-state index in [4.69, 9.17) is 5.73 Å². The van der Waals surface area contributed by atoms with Gasteiger partial charge in [0.2, 0.25) is 5.78 Å². The maximum atomic E-state index is 13.0.